The molecule has 0 bridgehead atoms. The van der Waals surface area contributed by atoms with Crippen molar-refractivity contribution in [2.24, 2.45) is 5.92 Å². The Kier molecular flexibility index (Phi) is 6.54. The summed E-state index contributed by atoms with van der Waals surface area (Å²) in [6.45, 7) is 7.79. The normalized spacial score (nSPS) is 17.0. The molecule has 1 rings (SSSR count). The Labute approximate surface area is 113 Å². The molecule has 1 aliphatic rings. The van der Waals surface area contributed by atoms with E-state index in [1.807, 2.05) is 11.8 Å². The standard InChI is InChI=1S/C13H23NO3S/c1-4-17-13(16)11-5-7-14(8-6-11)12(15)9-18-10(2)3/h10-11H,4-9H2,1-3H3. The van der Waals surface area contributed by atoms with Crippen molar-refractivity contribution in [2.75, 3.05) is 25.4 Å². The number of rotatable bonds is 5. The SMILES string of the molecule is CCOC(=O)C1CCN(C(=O)CSC(C)C)CC1. The Hall–Kier alpha value is -0.710. The fourth-order valence-corrected chi connectivity index (χ4v) is 2.61. The topological polar surface area (TPSA) is 46.6 Å². The van der Waals surface area contributed by atoms with E-state index in [4.69, 9.17) is 4.74 Å². The fraction of sp³-hybridized carbons (Fsp3) is 0.846. The number of ether oxygens (including phenoxy) is 1. The van der Waals surface area contributed by atoms with Gasteiger partial charge in [0.15, 0.2) is 0 Å². The quantitative estimate of drug-likeness (QED) is 0.718. The van der Waals surface area contributed by atoms with Gasteiger partial charge in [-0.2, -0.15) is 0 Å². The van der Waals surface area contributed by atoms with Crippen molar-refractivity contribution in [1.82, 2.24) is 4.90 Å². The monoisotopic (exact) mass is 273 g/mol. The van der Waals surface area contributed by atoms with Crippen LogP contribution in [0.3, 0.4) is 0 Å². The van der Waals surface area contributed by atoms with Crippen LogP contribution in [0.15, 0.2) is 0 Å². The molecule has 1 saturated heterocycles. The summed E-state index contributed by atoms with van der Waals surface area (Å²) in [5.41, 5.74) is 0. The molecule has 0 spiro atoms. The van der Waals surface area contributed by atoms with Gasteiger partial charge in [-0.15, -0.1) is 11.8 Å². The first-order chi connectivity index (χ1) is 8.54. The molecule has 1 heterocycles. The van der Waals surface area contributed by atoms with E-state index >= 15 is 0 Å². The third-order valence-corrected chi connectivity index (χ3v) is 4.09. The highest BCUT2D eigenvalue weighted by atomic mass is 32.2. The van der Waals surface area contributed by atoms with Crippen molar-refractivity contribution >= 4 is 23.6 Å². The second-order valence-corrected chi connectivity index (χ2v) is 6.33. The van der Waals surface area contributed by atoms with Crippen LogP contribution in [0.2, 0.25) is 0 Å². The van der Waals surface area contributed by atoms with Gasteiger partial charge in [0.1, 0.15) is 0 Å². The lowest BCUT2D eigenvalue weighted by molar-refractivity contribution is -0.151. The second kappa shape index (κ2) is 7.67. The summed E-state index contributed by atoms with van der Waals surface area (Å²) in [4.78, 5) is 25.3. The molecule has 18 heavy (non-hydrogen) atoms. The third-order valence-electron chi connectivity index (χ3n) is 3.01. The van der Waals surface area contributed by atoms with Gasteiger partial charge in [-0.25, -0.2) is 0 Å². The minimum Gasteiger partial charge on any atom is -0.466 e. The van der Waals surface area contributed by atoms with Gasteiger partial charge in [0, 0.05) is 13.1 Å². The van der Waals surface area contributed by atoms with E-state index in [0.29, 0.717) is 30.7 Å². The van der Waals surface area contributed by atoms with Gasteiger partial charge in [-0.05, 0) is 25.0 Å². The number of piperidine rings is 1. The maximum absolute atomic E-state index is 11.9. The molecule has 1 fully saturated rings. The minimum atomic E-state index is -0.110. The fourth-order valence-electron chi connectivity index (χ4n) is 1.95. The molecule has 1 amide bonds. The molecule has 0 aliphatic carbocycles. The Morgan fingerprint density at radius 3 is 2.44 bits per heavy atom. The molecule has 5 heteroatoms. The number of thioether (sulfide) groups is 1. The average Bonchev–Trinajstić information content (AvgIpc) is 2.36. The molecule has 0 N–H and O–H groups in total. The van der Waals surface area contributed by atoms with Crippen molar-refractivity contribution in [2.45, 2.75) is 38.9 Å². The Morgan fingerprint density at radius 1 is 1.33 bits per heavy atom. The van der Waals surface area contributed by atoms with Crippen molar-refractivity contribution in [1.29, 1.82) is 0 Å². The van der Waals surface area contributed by atoms with Crippen LogP contribution >= 0.6 is 11.8 Å². The van der Waals surface area contributed by atoms with E-state index in [0.717, 1.165) is 12.8 Å². The Balaban J connectivity index is 2.30. The molecular formula is C13H23NO3S. The first kappa shape index (κ1) is 15.3. The number of esters is 1. The third kappa shape index (κ3) is 4.88. The summed E-state index contributed by atoms with van der Waals surface area (Å²) < 4.78 is 5.01. The van der Waals surface area contributed by atoms with Crippen molar-refractivity contribution in [3.05, 3.63) is 0 Å². The number of nitrogens with zero attached hydrogens (tertiary/aromatic N) is 1. The van der Waals surface area contributed by atoms with Crippen LogP contribution in [0, 0.1) is 5.92 Å². The Bertz CT molecular complexity index is 286. The molecule has 0 aromatic heterocycles. The number of hydrogen-bond acceptors (Lipinski definition) is 4. The molecule has 104 valence electrons. The number of hydrogen-bond donors (Lipinski definition) is 0. The van der Waals surface area contributed by atoms with Gasteiger partial charge in [0.25, 0.3) is 0 Å². The number of carbonyl (C=O) groups is 2. The van der Waals surface area contributed by atoms with E-state index in [1.54, 1.807) is 11.8 Å². The average molecular weight is 273 g/mol. The van der Waals surface area contributed by atoms with Gasteiger partial charge < -0.3 is 9.64 Å². The van der Waals surface area contributed by atoms with Gasteiger partial charge in [0.05, 0.1) is 18.3 Å². The van der Waals surface area contributed by atoms with Crippen LogP contribution in [0.25, 0.3) is 0 Å². The van der Waals surface area contributed by atoms with Crippen LogP contribution in [-0.4, -0.2) is 47.5 Å². The number of carbonyl (C=O) groups excluding carboxylic acids is 2. The highest BCUT2D eigenvalue weighted by molar-refractivity contribution is 8.00. The van der Waals surface area contributed by atoms with E-state index in [9.17, 15) is 9.59 Å². The summed E-state index contributed by atoms with van der Waals surface area (Å²) in [7, 11) is 0. The number of likely N-dealkylation sites (tertiary alicyclic amines) is 1. The maximum atomic E-state index is 11.9. The zero-order valence-electron chi connectivity index (χ0n) is 11.5. The second-order valence-electron chi connectivity index (χ2n) is 4.77. The highest BCUT2D eigenvalue weighted by Gasteiger charge is 2.27. The molecule has 0 unspecified atom stereocenters. The van der Waals surface area contributed by atoms with Gasteiger partial charge in [0.2, 0.25) is 5.91 Å². The molecule has 0 atom stereocenters. The first-order valence-electron chi connectivity index (χ1n) is 6.60. The first-order valence-corrected chi connectivity index (χ1v) is 7.65. The van der Waals surface area contributed by atoms with Crippen molar-refractivity contribution < 1.29 is 14.3 Å². The lowest BCUT2D eigenvalue weighted by Crippen LogP contribution is -2.41. The van der Waals surface area contributed by atoms with E-state index < -0.39 is 0 Å². The van der Waals surface area contributed by atoms with E-state index in [2.05, 4.69) is 13.8 Å². The van der Waals surface area contributed by atoms with E-state index in [1.165, 1.54) is 0 Å². The Morgan fingerprint density at radius 2 is 1.94 bits per heavy atom. The van der Waals surface area contributed by atoms with Crippen LogP contribution in [-0.2, 0) is 14.3 Å². The smallest absolute Gasteiger partial charge is 0.309 e. The van der Waals surface area contributed by atoms with Crippen molar-refractivity contribution in [3.63, 3.8) is 0 Å². The van der Waals surface area contributed by atoms with Crippen LogP contribution < -0.4 is 0 Å². The predicted octanol–water partition coefficient (Wildman–Crippen LogP) is 1.93. The largest absolute Gasteiger partial charge is 0.466 e. The van der Waals surface area contributed by atoms with Crippen LogP contribution in [0.4, 0.5) is 0 Å². The highest BCUT2D eigenvalue weighted by Crippen LogP contribution is 2.20. The van der Waals surface area contributed by atoms with Gasteiger partial charge in [-0.3, -0.25) is 9.59 Å². The van der Waals surface area contributed by atoms with Gasteiger partial charge in [-0.1, -0.05) is 13.8 Å². The molecule has 4 nitrogen and oxygen atoms in total. The molecule has 0 radical (unpaired) electrons. The summed E-state index contributed by atoms with van der Waals surface area (Å²) in [5.74, 6) is 0.603. The predicted molar refractivity (Wildman–Crippen MR) is 73.5 cm³/mol. The molecule has 1 aliphatic heterocycles. The maximum Gasteiger partial charge on any atom is 0.309 e. The zero-order chi connectivity index (χ0) is 13.5. The van der Waals surface area contributed by atoms with E-state index in [-0.39, 0.29) is 17.8 Å². The van der Waals surface area contributed by atoms with Crippen molar-refractivity contribution in [3.8, 4) is 0 Å². The number of amides is 1. The summed E-state index contributed by atoms with van der Waals surface area (Å²) in [5, 5.41) is 0.478. The molecule has 0 aromatic carbocycles. The molecule has 0 aromatic rings. The minimum absolute atomic E-state index is 0.0215. The zero-order valence-corrected chi connectivity index (χ0v) is 12.3. The summed E-state index contributed by atoms with van der Waals surface area (Å²) in [6, 6.07) is 0. The molecular weight excluding hydrogens is 250 g/mol. The lowest BCUT2D eigenvalue weighted by atomic mass is 9.97. The summed E-state index contributed by atoms with van der Waals surface area (Å²) >= 11 is 1.67. The molecule has 0 saturated carbocycles. The summed E-state index contributed by atoms with van der Waals surface area (Å²) in [6.07, 6.45) is 1.47. The lowest BCUT2D eigenvalue weighted by Gasteiger charge is -2.31. The van der Waals surface area contributed by atoms with Crippen LogP contribution in [0.1, 0.15) is 33.6 Å². The van der Waals surface area contributed by atoms with Gasteiger partial charge >= 0.3 is 5.97 Å². The van der Waals surface area contributed by atoms with Crippen LogP contribution in [0.5, 0.6) is 0 Å².